The van der Waals surface area contributed by atoms with E-state index in [-0.39, 0.29) is 29.7 Å². The highest BCUT2D eigenvalue weighted by Gasteiger charge is 2.47. The molecule has 0 radical (unpaired) electrons. The van der Waals surface area contributed by atoms with Crippen molar-refractivity contribution in [1.29, 1.82) is 0 Å². The summed E-state index contributed by atoms with van der Waals surface area (Å²) in [7, 11) is -3.56. The number of carbonyl (C=O) groups is 1. The molecule has 1 saturated heterocycles. The smallest absolute Gasteiger partial charge is 0.252 e. The van der Waals surface area contributed by atoms with Crippen LogP contribution in [0, 0.1) is 0 Å². The van der Waals surface area contributed by atoms with Gasteiger partial charge in [0.1, 0.15) is 18.0 Å². The molecule has 0 aliphatic carbocycles. The summed E-state index contributed by atoms with van der Waals surface area (Å²) < 4.78 is 34.6. The highest BCUT2D eigenvalue weighted by atomic mass is 32.2. The minimum Gasteiger partial charge on any atom is -0.387 e. The van der Waals surface area contributed by atoms with Crippen LogP contribution in [0.3, 0.4) is 0 Å². The number of ether oxygens (including phenoxy) is 1. The lowest BCUT2D eigenvalue weighted by Gasteiger charge is -2.20. The van der Waals surface area contributed by atoms with Gasteiger partial charge in [-0.15, -0.1) is 0 Å². The summed E-state index contributed by atoms with van der Waals surface area (Å²) in [4.78, 5) is 26.2. The van der Waals surface area contributed by atoms with E-state index >= 15 is 0 Å². The van der Waals surface area contributed by atoms with Gasteiger partial charge in [-0.3, -0.25) is 9.36 Å². The number of nitrogens with one attached hydrogen (secondary N) is 3. The lowest BCUT2D eigenvalue weighted by Crippen LogP contribution is -2.42. The summed E-state index contributed by atoms with van der Waals surface area (Å²) in [6, 6.07) is 20.0. The largest absolute Gasteiger partial charge is 0.387 e. The Labute approximate surface area is 255 Å². The highest BCUT2D eigenvalue weighted by molar-refractivity contribution is 7.89. The van der Waals surface area contributed by atoms with Crippen LogP contribution in [0.5, 0.6) is 0 Å². The maximum absolute atomic E-state index is 12.5. The molecule has 0 spiro atoms. The summed E-state index contributed by atoms with van der Waals surface area (Å²) in [5.41, 5.74) is 2.75. The predicted octanol–water partition coefficient (Wildman–Crippen LogP) is 1.65. The van der Waals surface area contributed by atoms with Gasteiger partial charge in [-0.2, -0.15) is 0 Å². The number of anilines is 1. The lowest BCUT2D eigenvalue weighted by atomic mass is 9.91. The van der Waals surface area contributed by atoms with Crippen molar-refractivity contribution in [3.63, 3.8) is 0 Å². The predicted molar refractivity (Wildman–Crippen MR) is 164 cm³/mol. The molecule has 3 heterocycles. The fourth-order valence-electron chi connectivity index (χ4n) is 5.24. The molecule has 0 unspecified atom stereocenters. The van der Waals surface area contributed by atoms with Gasteiger partial charge in [-0.05, 0) is 24.5 Å². The first-order valence-corrected chi connectivity index (χ1v) is 16.2. The van der Waals surface area contributed by atoms with Gasteiger partial charge in [0.2, 0.25) is 10.0 Å². The van der Waals surface area contributed by atoms with E-state index in [4.69, 9.17) is 4.74 Å². The number of hydrogen-bond acceptors (Lipinski definition) is 10. The fraction of sp³-hybridized carbons (Fsp3) is 0.400. The Hall–Kier alpha value is -3.95. The number of aromatic nitrogens is 4. The number of aliphatic hydroxyl groups excluding tert-OH is 2. The number of carbonyl (C=O) groups excluding carboxylic acids is 1. The van der Waals surface area contributed by atoms with Crippen LogP contribution >= 0.6 is 0 Å². The topological polar surface area (TPSA) is 181 Å². The van der Waals surface area contributed by atoms with E-state index in [0.29, 0.717) is 30.8 Å². The maximum Gasteiger partial charge on any atom is 0.252 e. The highest BCUT2D eigenvalue weighted by Crippen LogP contribution is 2.33. The van der Waals surface area contributed by atoms with Crippen LogP contribution in [0.25, 0.3) is 11.2 Å². The minimum absolute atomic E-state index is 0.0463. The Balaban J connectivity index is 1.51. The van der Waals surface area contributed by atoms with Crippen molar-refractivity contribution in [3.05, 3.63) is 83.9 Å². The number of imidazole rings is 1. The Bertz CT molecular complexity index is 1630. The third-order valence-corrected chi connectivity index (χ3v) is 8.92. The molecule has 44 heavy (non-hydrogen) atoms. The molecule has 14 heteroatoms. The quantitative estimate of drug-likeness (QED) is 0.147. The van der Waals surface area contributed by atoms with E-state index in [2.05, 4.69) is 30.3 Å². The number of benzene rings is 2. The third-order valence-electron chi connectivity index (χ3n) is 7.39. The van der Waals surface area contributed by atoms with Crippen molar-refractivity contribution in [3.8, 4) is 0 Å². The molecule has 5 rings (SSSR count). The zero-order chi connectivity index (χ0) is 31.3. The summed E-state index contributed by atoms with van der Waals surface area (Å²) in [6.45, 7) is 4.07. The minimum atomic E-state index is -3.56. The van der Waals surface area contributed by atoms with Crippen LogP contribution in [-0.2, 0) is 26.1 Å². The SMILES string of the molecule is CCCS(=O)(=O)NCc1nc(NCC(c2ccccc2)c2ccccc2)c2ncn([C@@H]3O[C@H](C(=O)NCC)[C@@H](O)[C@H]3O)c2n1. The summed E-state index contributed by atoms with van der Waals surface area (Å²) >= 11 is 0. The normalized spacial score (nSPS) is 20.3. The summed E-state index contributed by atoms with van der Waals surface area (Å²) in [5.74, 6) is -0.143. The van der Waals surface area contributed by atoms with Crippen molar-refractivity contribution < 1.29 is 28.2 Å². The molecule has 5 N–H and O–H groups in total. The van der Waals surface area contributed by atoms with Gasteiger partial charge < -0.3 is 25.6 Å². The average molecular weight is 624 g/mol. The Kier molecular flexibility index (Phi) is 9.86. The van der Waals surface area contributed by atoms with Gasteiger partial charge in [0, 0.05) is 19.0 Å². The third kappa shape index (κ3) is 6.89. The van der Waals surface area contributed by atoms with Gasteiger partial charge in [0.05, 0.1) is 18.6 Å². The van der Waals surface area contributed by atoms with Crippen LogP contribution in [0.2, 0.25) is 0 Å². The van der Waals surface area contributed by atoms with Crippen molar-refractivity contribution in [2.45, 2.75) is 57.3 Å². The second kappa shape index (κ2) is 13.8. The number of likely N-dealkylation sites (N-methyl/N-ethyl adjacent to an activating group) is 1. The molecule has 13 nitrogen and oxygen atoms in total. The standard InChI is InChI=1S/C30H37N7O6S/c1-3-15-44(41,42)34-17-22-35-27(32-16-21(19-11-7-5-8-12-19)20-13-9-6-10-14-20)23-28(36-22)37(18-33-23)30-25(39)24(38)26(43-30)29(40)31-4-2/h5-14,18,21,24-26,30,34,38-39H,3-4,15-17H2,1-2H3,(H,31,40)(H,32,35,36)/t24-,25+,26-,30+/m0/s1. The van der Waals surface area contributed by atoms with E-state index in [1.165, 1.54) is 10.9 Å². The molecular weight excluding hydrogens is 586 g/mol. The van der Waals surface area contributed by atoms with Crippen LogP contribution in [0.4, 0.5) is 5.82 Å². The molecule has 2 aromatic heterocycles. The van der Waals surface area contributed by atoms with Crippen LogP contribution in [-0.4, -0.2) is 81.2 Å². The van der Waals surface area contributed by atoms with Crippen molar-refractivity contribution >= 4 is 32.9 Å². The second-order valence-corrected chi connectivity index (χ2v) is 12.5. The zero-order valence-electron chi connectivity index (χ0n) is 24.5. The first-order chi connectivity index (χ1) is 21.2. The Morgan fingerprint density at radius 1 is 1.00 bits per heavy atom. The molecule has 0 saturated carbocycles. The van der Waals surface area contributed by atoms with E-state index in [1.54, 1.807) is 13.8 Å². The number of nitrogens with zero attached hydrogens (tertiary/aromatic N) is 4. The van der Waals surface area contributed by atoms with E-state index in [1.807, 2.05) is 60.7 Å². The van der Waals surface area contributed by atoms with Crippen LogP contribution in [0.15, 0.2) is 67.0 Å². The molecule has 1 fully saturated rings. The van der Waals surface area contributed by atoms with E-state index < -0.39 is 40.5 Å². The Morgan fingerprint density at radius 3 is 2.27 bits per heavy atom. The van der Waals surface area contributed by atoms with Crippen LogP contribution < -0.4 is 15.4 Å². The number of hydrogen-bond donors (Lipinski definition) is 5. The number of rotatable bonds is 13. The molecule has 2 aromatic carbocycles. The molecule has 234 valence electrons. The van der Waals surface area contributed by atoms with Crippen molar-refractivity contribution in [1.82, 2.24) is 29.6 Å². The maximum atomic E-state index is 12.5. The lowest BCUT2D eigenvalue weighted by molar-refractivity contribution is -0.137. The fourth-order valence-corrected chi connectivity index (χ4v) is 6.27. The molecule has 1 amide bonds. The average Bonchev–Trinajstić information content (AvgIpc) is 3.57. The van der Waals surface area contributed by atoms with Crippen molar-refractivity contribution in [2.75, 3.05) is 24.2 Å². The number of aliphatic hydroxyl groups is 2. The Morgan fingerprint density at radius 2 is 1.66 bits per heavy atom. The van der Waals surface area contributed by atoms with E-state index in [9.17, 15) is 23.4 Å². The number of fused-ring (bicyclic) bond motifs is 1. The molecule has 4 atom stereocenters. The van der Waals surface area contributed by atoms with Crippen LogP contribution in [0.1, 0.15) is 49.4 Å². The molecule has 0 bridgehead atoms. The molecule has 1 aliphatic heterocycles. The van der Waals surface area contributed by atoms with Gasteiger partial charge in [0.15, 0.2) is 29.3 Å². The molecule has 4 aromatic rings. The first-order valence-electron chi connectivity index (χ1n) is 14.6. The van der Waals surface area contributed by atoms with Crippen molar-refractivity contribution in [2.24, 2.45) is 0 Å². The molecule has 1 aliphatic rings. The number of sulfonamides is 1. The summed E-state index contributed by atoms with van der Waals surface area (Å²) in [5, 5.41) is 27.4. The van der Waals surface area contributed by atoms with Gasteiger partial charge in [-0.1, -0.05) is 67.6 Å². The zero-order valence-corrected chi connectivity index (χ0v) is 25.3. The van der Waals surface area contributed by atoms with Gasteiger partial charge in [-0.25, -0.2) is 28.1 Å². The first kappa shape index (κ1) is 31.5. The monoisotopic (exact) mass is 623 g/mol. The molecular formula is C30H37N7O6S. The second-order valence-electron chi connectivity index (χ2n) is 10.5. The van der Waals surface area contributed by atoms with Gasteiger partial charge in [0.25, 0.3) is 5.91 Å². The van der Waals surface area contributed by atoms with E-state index in [0.717, 1.165) is 11.1 Å². The van der Waals surface area contributed by atoms with Gasteiger partial charge >= 0.3 is 0 Å². The number of amides is 1. The summed E-state index contributed by atoms with van der Waals surface area (Å²) in [6.07, 6.45) is -3.59.